The van der Waals surface area contributed by atoms with Crippen molar-refractivity contribution in [2.24, 2.45) is 5.73 Å². The molecule has 3 rings (SSSR count). The Morgan fingerprint density at radius 2 is 2.03 bits per heavy atom. The van der Waals surface area contributed by atoms with Gasteiger partial charge in [0.2, 0.25) is 0 Å². The molecule has 0 spiro atoms. The molecule has 5 N–H and O–H groups in total. The van der Waals surface area contributed by atoms with Crippen LogP contribution in [0, 0.1) is 12.7 Å². The number of ketones is 1. The van der Waals surface area contributed by atoms with Crippen molar-refractivity contribution in [2.45, 2.75) is 25.8 Å². The summed E-state index contributed by atoms with van der Waals surface area (Å²) in [5.74, 6) is -3.25. The maximum Gasteiger partial charge on any atom is 0.296 e. The molecule has 2 aromatic rings. The molecule has 0 aliphatic heterocycles. The van der Waals surface area contributed by atoms with Gasteiger partial charge in [0.1, 0.15) is 11.6 Å². The minimum atomic E-state index is -0.947. The maximum absolute atomic E-state index is 13.3. The molecular weight excluding hydrogens is 441 g/mol. The molecule has 1 aromatic heterocycles. The summed E-state index contributed by atoms with van der Waals surface area (Å²) in [5.41, 5.74) is 9.57. The number of furan rings is 1. The minimum Gasteiger partial charge on any atom is -0.457 e. The fraction of sp³-hybridized carbons (Fsp3) is 0.286. The van der Waals surface area contributed by atoms with E-state index in [4.69, 9.17) is 21.8 Å². The smallest absolute Gasteiger partial charge is 0.296 e. The van der Waals surface area contributed by atoms with E-state index in [1.54, 1.807) is 13.2 Å². The van der Waals surface area contributed by atoms with Gasteiger partial charge < -0.3 is 25.8 Å². The maximum atomic E-state index is 13.3. The van der Waals surface area contributed by atoms with Gasteiger partial charge in [-0.2, -0.15) is 0 Å². The molecule has 9 nitrogen and oxygen atoms in total. The van der Waals surface area contributed by atoms with E-state index in [1.165, 1.54) is 25.1 Å². The molecule has 11 heteroatoms. The zero-order valence-corrected chi connectivity index (χ0v) is 18.3. The number of benzene rings is 1. The van der Waals surface area contributed by atoms with Gasteiger partial charge in [-0.05, 0) is 38.0 Å². The van der Waals surface area contributed by atoms with E-state index in [0.717, 1.165) is 18.9 Å². The topological polar surface area (TPSA) is 130 Å². The normalized spacial score (nSPS) is 13.6. The predicted octanol–water partition coefficient (Wildman–Crippen LogP) is 2.33. The van der Waals surface area contributed by atoms with E-state index < -0.39 is 23.4 Å². The molecule has 1 aliphatic rings. The van der Waals surface area contributed by atoms with Gasteiger partial charge in [-0.25, -0.2) is 9.82 Å². The van der Waals surface area contributed by atoms with Crippen LogP contribution in [0.1, 0.15) is 39.5 Å². The Morgan fingerprint density at radius 1 is 1.31 bits per heavy atom. The van der Waals surface area contributed by atoms with Crippen LogP contribution in [0.25, 0.3) is 0 Å². The molecule has 32 heavy (non-hydrogen) atoms. The summed E-state index contributed by atoms with van der Waals surface area (Å²) in [6.07, 6.45) is 3.78. The zero-order valence-electron chi connectivity index (χ0n) is 17.5. The predicted molar refractivity (Wildman–Crippen MR) is 116 cm³/mol. The van der Waals surface area contributed by atoms with Crippen LogP contribution in [0.3, 0.4) is 0 Å². The van der Waals surface area contributed by atoms with E-state index in [0.29, 0.717) is 11.7 Å². The van der Waals surface area contributed by atoms with Crippen molar-refractivity contribution in [3.63, 3.8) is 0 Å². The second kappa shape index (κ2) is 9.84. The lowest BCUT2D eigenvalue weighted by atomic mass is 10.2. The zero-order chi connectivity index (χ0) is 23.4. The number of hydrazine groups is 1. The second-order valence-electron chi connectivity index (χ2n) is 7.24. The van der Waals surface area contributed by atoms with E-state index >= 15 is 0 Å². The molecule has 0 saturated heterocycles. The Morgan fingerprint density at radius 3 is 2.66 bits per heavy atom. The number of nitrogens with zero attached hydrogens (tertiary/aromatic N) is 1. The number of hydrogen-bond acceptors (Lipinski definition) is 7. The molecule has 1 fully saturated rings. The van der Waals surface area contributed by atoms with Crippen molar-refractivity contribution in [3.8, 4) is 0 Å². The second-order valence-corrected chi connectivity index (χ2v) is 7.65. The summed E-state index contributed by atoms with van der Waals surface area (Å²) in [4.78, 5) is 37.1. The number of Topliss-reactive ketones (excluding diaryl/α,β-unsaturated/α-hetero) is 1. The number of nitrogens with two attached hydrogens (primary N) is 1. The van der Waals surface area contributed by atoms with Gasteiger partial charge in [0.25, 0.3) is 17.6 Å². The van der Waals surface area contributed by atoms with Gasteiger partial charge in [0, 0.05) is 36.7 Å². The lowest BCUT2D eigenvalue weighted by molar-refractivity contribution is -0.116. The van der Waals surface area contributed by atoms with Crippen LogP contribution in [0.15, 0.2) is 40.6 Å². The summed E-state index contributed by atoms with van der Waals surface area (Å²) in [7, 11) is 1.77. The number of rotatable bonds is 9. The fourth-order valence-corrected chi connectivity index (χ4v) is 3.08. The van der Waals surface area contributed by atoms with Gasteiger partial charge in [0.15, 0.2) is 5.76 Å². The Balaban J connectivity index is 1.61. The van der Waals surface area contributed by atoms with Crippen molar-refractivity contribution in [1.82, 2.24) is 15.8 Å². The number of carbonyl (C=O) groups is 3. The molecule has 0 unspecified atom stereocenters. The SMILES string of the molecule is CNN(/C=C(\N)CNC(=O)C(=O)c1cc(C(=O)Nc2ccc(F)c(Cl)c2)c(C)o1)C1CC1. The molecular formula is C21H23ClFN5O4. The van der Waals surface area contributed by atoms with Crippen LogP contribution in [0.4, 0.5) is 10.1 Å². The first-order chi connectivity index (χ1) is 15.2. The lowest BCUT2D eigenvalue weighted by Crippen LogP contribution is -2.37. The standard InChI is InChI=1S/C21H23ClFN5O4/c1-11-15(20(30)27-13-3-6-17(23)16(22)7-13)8-18(32-11)19(29)21(31)26-9-12(24)10-28(25-2)14-4-5-14/h3,6-8,10,14,25H,4-5,9,24H2,1-2H3,(H,26,31)(H,27,30)/b12-10-. The van der Waals surface area contributed by atoms with Crippen molar-refractivity contribution in [3.05, 3.63) is 64.1 Å². The third-order valence-corrected chi connectivity index (χ3v) is 5.02. The highest BCUT2D eigenvalue weighted by molar-refractivity contribution is 6.42. The van der Waals surface area contributed by atoms with Gasteiger partial charge >= 0.3 is 0 Å². The monoisotopic (exact) mass is 463 g/mol. The Labute approximate surface area is 188 Å². The summed E-state index contributed by atoms with van der Waals surface area (Å²) in [6.45, 7) is 1.44. The van der Waals surface area contributed by atoms with Crippen LogP contribution in [0.2, 0.25) is 5.02 Å². The first-order valence-electron chi connectivity index (χ1n) is 9.80. The molecule has 0 bridgehead atoms. The number of aryl methyl sites for hydroxylation is 1. The molecule has 1 aromatic carbocycles. The Hall–Kier alpha value is -3.37. The van der Waals surface area contributed by atoms with Crippen LogP contribution >= 0.6 is 11.6 Å². The van der Waals surface area contributed by atoms with Crippen molar-refractivity contribution in [1.29, 1.82) is 0 Å². The van der Waals surface area contributed by atoms with Gasteiger partial charge in [-0.15, -0.1) is 0 Å². The lowest BCUT2D eigenvalue weighted by Gasteiger charge is -2.19. The molecule has 0 radical (unpaired) electrons. The Kier molecular flexibility index (Phi) is 7.16. The van der Waals surface area contributed by atoms with E-state index in [-0.39, 0.29) is 34.3 Å². The third kappa shape index (κ3) is 5.65. The van der Waals surface area contributed by atoms with Crippen molar-refractivity contribution >= 4 is 34.9 Å². The highest BCUT2D eigenvalue weighted by Gasteiger charge is 2.27. The number of hydrogen-bond donors (Lipinski definition) is 4. The summed E-state index contributed by atoms with van der Waals surface area (Å²) < 4.78 is 18.6. The van der Waals surface area contributed by atoms with Crippen LogP contribution < -0.4 is 21.8 Å². The summed E-state index contributed by atoms with van der Waals surface area (Å²) in [6, 6.07) is 5.24. The molecule has 170 valence electrons. The quantitative estimate of drug-likeness (QED) is 0.255. The van der Waals surface area contributed by atoms with E-state index in [9.17, 15) is 18.8 Å². The number of halogens is 2. The molecule has 1 heterocycles. The van der Waals surface area contributed by atoms with Crippen LogP contribution in [0.5, 0.6) is 0 Å². The van der Waals surface area contributed by atoms with E-state index in [1.807, 2.05) is 5.01 Å². The molecule has 2 amide bonds. The molecule has 0 atom stereocenters. The van der Waals surface area contributed by atoms with Gasteiger partial charge in [-0.1, -0.05) is 11.6 Å². The highest BCUT2D eigenvalue weighted by Crippen LogP contribution is 2.25. The highest BCUT2D eigenvalue weighted by atomic mass is 35.5. The Bertz CT molecular complexity index is 1080. The number of carbonyl (C=O) groups excluding carboxylic acids is 3. The molecule has 1 saturated carbocycles. The van der Waals surface area contributed by atoms with Gasteiger partial charge in [0.05, 0.1) is 17.1 Å². The average Bonchev–Trinajstić information content (AvgIpc) is 3.53. The molecule has 1 aliphatic carbocycles. The largest absolute Gasteiger partial charge is 0.457 e. The van der Waals surface area contributed by atoms with E-state index in [2.05, 4.69) is 16.1 Å². The average molecular weight is 464 g/mol. The number of nitrogens with one attached hydrogen (secondary N) is 3. The van der Waals surface area contributed by atoms with Crippen LogP contribution in [-0.2, 0) is 4.79 Å². The number of amides is 2. The minimum absolute atomic E-state index is 0.0339. The van der Waals surface area contributed by atoms with Crippen molar-refractivity contribution in [2.75, 3.05) is 18.9 Å². The van der Waals surface area contributed by atoms with Crippen molar-refractivity contribution < 1.29 is 23.2 Å². The third-order valence-electron chi connectivity index (χ3n) is 4.73. The van der Waals surface area contributed by atoms with Gasteiger partial charge in [-0.3, -0.25) is 14.4 Å². The number of anilines is 1. The first kappa shape index (κ1) is 23.3. The van der Waals surface area contributed by atoms with Crippen LogP contribution in [-0.4, -0.2) is 42.2 Å². The summed E-state index contributed by atoms with van der Waals surface area (Å²) in [5, 5.41) is 6.66. The first-order valence-corrected chi connectivity index (χ1v) is 10.2. The summed E-state index contributed by atoms with van der Waals surface area (Å²) >= 11 is 5.71. The fourth-order valence-electron chi connectivity index (χ4n) is 2.90.